The summed E-state index contributed by atoms with van der Waals surface area (Å²) in [5.74, 6) is 0.0513. The molecular weight excluding hydrogens is 465 g/mol. The van der Waals surface area contributed by atoms with Crippen molar-refractivity contribution in [3.05, 3.63) is 46.1 Å². The summed E-state index contributed by atoms with van der Waals surface area (Å²) in [7, 11) is 0. The molecular formula is C23H27Cl2N5O3. The molecule has 0 spiro atoms. The molecule has 3 heterocycles. The average Bonchev–Trinajstić information content (AvgIpc) is 3.36. The summed E-state index contributed by atoms with van der Waals surface area (Å²) < 4.78 is 7.10. The Hall–Kier alpha value is -2.58. The molecule has 10 heteroatoms. The molecule has 2 aromatic rings. The number of amides is 2. The van der Waals surface area contributed by atoms with Crippen LogP contribution in [0.15, 0.2) is 35.5 Å². The van der Waals surface area contributed by atoms with E-state index >= 15 is 0 Å². The molecule has 1 aromatic carbocycles. The molecule has 176 valence electrons. The Bertz CT molecular complexity index is 1110. The van der Waals surface area contributed by atoms with Crippen LogP contribution in [0, 0.1) is 5.92 Å². The van der Waals surface area contributed by atoms with Crippen LogP contribution in [-0.4, -0.2) is 57.1 Å². The van der Waals surface area contributed by atoms with Crippen molar-refractivity contribution in [2.75, 3.05) is 13.1 Å². The van der Waals surface area contributed by atoms with Gasteiger partial charge in [0.2, 0.25) is 5.91 Å². The number of rotatable bonds is 3. The summed E-state index contributed by atoms with van der Waals surface area (Å²) >= 11 is 12.4. The fourth-order valence-corrected chi connectivity index (χ4v) is 4.63. The summed E-state index contributed by atoms with van der Waals surface area (Å²) in [4.78, 5) is 32.3. The lowest BCUT2D eigenvalue weighted by Crippen LogP contribution is -2.45. The molecule has 1 aromatic heterocycles. The highest BCUT2D eigenvalue weighted by atomic mass is 35.5. The molecule has 0 bridgehead atoms. The Morgan fingerprint density at radius 3 is 2.64 bits per heavy atom. The zero-order chi connectivity index (χ0) is 23.9. The van der Waals surface area contributed by atoms with E-state index in [-0.39, 0.29) is 11.9 Å². The van der Waals surface area contributed by atoms with Crippen molar-refractivity contribution >= 4 is 46.7 Å². The molecule has 0 saturated carbocycles. The highest BCUT2D eigenvalue weighted by molar-refractivity contribution is 6.42. The van der Waals surface area contributed by atoms with Crippen LogP contribution >= 0.6 is 23.2 Å². The van der Waals surface area contributed by atoms with Crippen LogP contribution in [0.2, 0.25) is 10.0 Å². The fourth-order valence-electron chi connectivity index (χ4n) is 4.32. The van der Waals surface area contributed by atoms with Gasteiger partial charge in [-0.1, -0.05) is 29.3 Å². The number of nitrogens with one attached hydrogen (secondary N) is 1. The second-order valence-corrected chi connectivity index (χ2v) is 10.2. The summed E-state index contributed by atoms with van der Waals surface area (Å²) in [6, 6.07) is 6.59. The summed E-state index contributed by atoms with van der Waals surface area (Å²) in [6.45, 7) is 8.24. The third-order valence-corrected chi connectivity index (χ3v) is 6.48. The van der Waals surface area contributed by atoms with Crippen LogP contribution in [-0.2, 0) is 9.53 Å². The molecule has 2 amide bonds. The normalized spacial score (nSPS) is 22.5. The first-order valence-electron chi connectivity index (χ1n) is 10.9. The molecule has 0 radical (unpaired) electrons. The van der Waals surface area contributed by atoms with Crippen molar-refractivity contribution < 1.29 is 14.3 Å². The highest BCUT2D eigenvalue weighted by Crippen LogP contribution is 2.39. The van der Waals surface area contributed by atoms with Crippen LogP contribution in [0.4, 0.5) is 10.6 Å². The molecule has 4 rings (SSSR count). The Morgan fingerprint density at radius 2 is 1.94 bits per heavy atom. The number of carbonyl (C=O) groups is 2. The number of nitrogens with zero attached hydrogens (tertiary/aromatic N) is 4. The van der Waals surface area contributed by atoms with Crippen LogP contribution in [0.5, 0.6) is 0 Å². The third-order valence-electron chi connectivity index (χ3n) is 5.74. The molecule has 1 saturated heterocycles. The number of ether oxygens (including phenoxy) is 1. The number of alkyl carbamates (subject to hydrolysis) is 1. The van der Waals surface area contributed by atoms with Gasteiger partial charge in [-0.2, -0.15) is 5.10 Å². The van der Waals surface area contributed by atoms with E-state index in [1.54, 1.807) is 27.9 Å². The molecule has 33 heavy (non-hydrogen) atoms. The van der Waals surface area contributed by atoms with Crippen molar-refractivity contribution in [1.82, 2.24) is 20.0 Å². The molecule has 2 unspecified atom stereocenters. The number of aromatic nitrogens is 2. The maximum atomic E-state index is 13.7. The zero-order valence-electron chi connectivity index (χ0n) is 19.0. The van der Waals surface area contributed by atoms with Gasteiger partial charge in [0.15, 0.2) is 5.82 Å². The first kappa shape index (κ1) is 23.6. The van der Waals surface area contributed by atoms with Crippen LogP contribution < -0.4 is 5.32 Å². The second-order valence-electron chi connectivity index (χ2n) is 9.40. The molecule has 3 atom stereocenters. The van der Waals surface area contributed by atoms with Crippen molar-refractivity contribution in [1.29, 1.82) is 0 Å². The lowest BCUT2D eigenvalue weighted by atomic mass is 9.87. The molecule has 1 N–H and O–H groups in total. The van der Waals surface area contributed by atoms with E-state index in [0.29, 0.717) is 41.1 Å². The summed E-state index contributed by atoms with van der Waals surface area (Å²) in [5, 5.41) is 8.16. The number of fused-ring (bicyclic) bond motifs is 1. The van der Waals surface area contributed by atoms with Gasteiger partial charge in [0.05, 0.1) is 28.3 Å². The quantitative estimate of drug-likeness (QED) is 0.677. The van der Waals surface area contributed by atoms with Crippen molar-refractivity contribution in [2.24, 2.45) is 10.9 Å². The first-order valence-corrected chi connectivity index (χ1v) is 11.6. The van der Waals surface area contributed by atoms with Gasteiger partial charge in [0, 0.05) is 24.9 Å². The largest absolute Gasteiger partial charge is 0.444 e. The predicted molar refractivity (Wildman–Crippen MR) is 127 cm³/mol. The first-order chi connectivity index (χ1) is 15.5. The van der Waals surface area contributed by atoms with Crippen molar-refractivity contribution in [3.63, 3.8) is 0 Å². The lowest BCUT2D eigenvalue weighted by molar-refractivity contribution is -0.133. The SMILES string of the molecule is CC1=Nc2ccnn2C(c2ccc(Cl)c(Cl)c2)C1C(=O)N1CC[C@@H](NC(=O)OC(C)(C)C)C1. The Morgan fingerprint density at radius 1 is 1.18 bits per heavy atom. The van der Waals surface area contributed by atoms with E-state index < -0.39 is 23.7 Å². The number of aliphatic imine (C=N–C) groups is 1. The van der Waals surface area contributed by atoms with Gasteiger partial charge < -0.3 is 15.0 Å². The highest BCUT2D eigenvalue weighted by Gasteiger charge is 2.42. The van der Waals surface area contributed by atoms with Gasteiger partial charge in [-0.05, 0) is 51.8 Å². The van der Waals surface area contributed by atoms with E-state index in [1.807, 2.05) is 39.8 Å². The number of carbonyl (C=O) groups excluding carboxylic acids is 2. The van der Waals surface area contributed by atoms with E-state index in [2.05, 4.69) is 15.4 Å². The van der Waals surface area contributed by atoms with Crippen LogP contribution in [0.3, 0.4) is 0 Å². The summed E-state index contributed by atoms with van der Waals surface area (Å²) in [6.07, 6.45) is 1.84. The molecule has 2 aliphatic heterocycles. The van der Waals surface area contributed by atoms with Gasteiger partial charge >= 0.3 is 6.09 Å². The number of likely N-dealkylation sites (tertiary alicyclic amines) is 1. The van der Waals surface area contributed by atoms with E-state index in [0.717, 1.165) is 5.56 Å². The predicted octanol–water partition coefficient (Wildman–Crippen LogP) is 4.63. The monoisotopic (exact) mass is 491 g/mol. The van der Waals surface area contributed by atoms with Gasteiger partial charge in [0.1, 0.15) is 11.5 Å². The van der Waals surface area contributed by atoms with Gasteiger partial charge in [0.25, 0.3) is 0 Å². The number of hydrogen-bond donors (Lipinski definition) is 1. The molecule has 0 aliphatic carbocycles. The molecule has 1 fully saturated rings. The third kappa shape index (κ3) is 5.01. The van der Waals surface area contributed by atoms with E-state index in [4.69, 9.17) is 27.9 Å². The Kier molecular flexibility index (Phi) is 6.42. The zero-order valence-corrected chi connectivity index (χ0v) is 20.5. The van der Waals surface area contributed by atoms with Gasteiger partial charge in [-0.25, -0.2) is 14.5 Å². The maximum absolute atomic E-state index is 13.7. The molecule has 2 aliphatic rings. The van der Waals surface area contributed by atoms with Gasteiger partial charge in [-0.15, -0.1) is 0 Å². The minimum atomic E-state index is -0.581. The Labute approximate surface area is 202 Å². The molecule has 8 nitrogen and oxygen atoms in total. The minimum absolute atomic E-state index is 0.0676. The average molecular weight is 492 g/mol. The van der Waals surface area contributed by atoms with Crippen molar-refractivity contribution in [3.8, 4) is 0 Å². The van der Waals surface area contributed by atoms with Crippen LogP contribution in [0.1, 0.15) is 45.7 Å². The number of benzene rings is 1. The Balaban J connectivity index is 1.57. The number of hydrogen-bond acceptors (Lipinski definition) is 5. The van der Waals surface area contributed by atoms with Gasteiger partial charge in [-0.3, -0.25) is 4.79 Å². The minimum Gasteiger partial charge on any atom is -0.444 e. The lowest BCUT2D eigenvalue weighted by Gasteiger charge is -2.33. The fraction of sp³-hybridized carbons (Fsp3) is 0.478. The second kappa shape index (κ2) is 8.99. The standard InChI is InChI=1S/C23H27Cl2N5O3/c1-13-19(21(31)29-10-8-15(12-29)28-22(32)33-23(2,3)4)20(30-18(27-13)7-9-26-30)14-5-6-16(24)17(25)11-14/h5-7,9,11,15,19-20H,8,10,12H2,1-4H3,(H,28,32)/t15-,19?,20?/m1/s1. The summed E-state index contributed by atoms with van der Waals surface area (Å²) in [5.41, 5.74) is 0.944. The smallest absolute Gasteiger partial charge is 0.407 e. The van der Waals surface area contributed by atoms with E-state index in [9.17, 15) is 9.59 Å². The number of halogens is 2. The van der Waals surface area contributed by atoms with E-state index in [1.165, 1.54) is 0 Å². The topological polar surface area (TPSA) is 88.8 Å². The maximum Gasteiger partial charge on any atom is 0.407 e. The van der Waals surface area contributed by atoms with Crippen molar-refractivity contribution in [2.45, 2.75) is 51.8 Å². The van der Waals surface area contributed by atoms with Crippen LogP contribution in [0.25, 0.3) is 0 Å².